The first kappa shape index (κ1) is 25.5. The van der Waals surface area contributed by atoms with Crippen molar-refractivity contribution in [1.82, 2.24) is 0 Å². The molecule has 0 fully saturated rings. The molecular weight excluding hydrogens is 630 g/mol. The average molecular weight is 663 g/mol. The van der Waals surface area contributed by atoms with E-state index in [0.29, 0.717) is 6.61 Å². The van der Waals surface area contributed by atoms with E-state index >= 15 is 0 Å². The van der Waals surface area contributed by atoms with Crippen molar-refractivity contribution in [3.63, 3.8) is 0 Å². The van der Waals surface area contributed by atoms with Crippen LogP contribution in [0.25, 0.3) is 0 Å². The molecule has 1 radical (unpaired) electrons. The van der Waals surface area contributed by atoms with E-state index in [1.807, 2.05) is 0 Å². The van der Waals surface area contributed by atoms with Crippen LogP contribution in [0.3, 0.4) is 0 Å². The number of rotatable bonds is 12. The first-order chi connectivity index (χ1) is 16.7. The molecule has 0 aliphatic rings. The van der Waals surface area contributed by atoms with Gasteiger partial charge in [0.25, 0.3) is 0 Å². The van der Waals surface area contributed by atoms with Crippen molar-refractivity contribution in [2.45, 2.75) is 24.7 Å². The van der Waals surface area contributed by atoms with Crippen molar-refractivity contribution in [1.29, 1.82) is 0 Å². The summed E-state index contributed by atoms with van der Waals surface area (Å²) in [7, 11) is 0. The molecule has 0 spiro atoms. The molecule has 4 aromatic carbocycles. The maximum atomic E-state index is 7.48. The topological polar surface area (TPSA) is 18.5 Å². The monoisotopic (exact) mass is 665 g/mol. The summed E-state index contributed by atoms with van der Waals surface area (Å²) >= 11 is -5.90. The van der Waals surface area contributed by atoms with Crippen LogP contribution in [0.4, 0.5) is 0 Å². The normalized spacial score (nSPS) is 11.6. The van der Waals surface area contributed by atoms with Crippen LogP contribution in [0.2, 0.25) is 0 Å². The Morgan fingerprint density at radius 2 is 0.882 bits per heavy atom. The minimum absolute atomic E-state index is 0.711. The molecule has 0 saturated carbocycles. The van der Waals surface area contributed by atoms with Crippen LogP contribution in [0.15, 0.2) is 121 Å². The zero-order chi connectivity index (χ0) is 23.5. The van der Waals surface area contributed by atoms with Crippen LogP contribution >= 0.6 is 0 Å². The van der Waals surface area contributed by atoms with Crippen molar-refractivity contribution >= 4 is 39.4 Å². The van der Waals surface area contributed by atoms with Crippen LogP contribution in [0.1, 0.15) is 29.2 Å². The number of benzene rings is 4. The van der Waals surface area contributed by atoms with E-state index in [-0.39, 0.29) is 0 Å². The van der Waals surface area contributed by atoms with Crippen LogP contribution in [-0.4, -0.2) is 46.0 Å². The van der Waals surface area contributed by atoms with Crippen LogP contribution in [0, 0.1) is 0 Å². The standard InChI is InChI=1S/4C7H7.C2H5O.O.2Sn/c4*1-7-5-3-2-4-6-7;1-2-3;;;/h4*2-6H,1H2;2H2,1H3;;;/q;;;;-1;;;+1. The Morgan fingerprint density at radius 1 is 0.529 bits per heavy atom. The van der Waals surface area contributed by atoms with Gasteiger partial charge in [-0.25, -0.2) is 0 Å². The molecule has 4 rings (SSSR count). The second-order valence-electron chi connectivity index (χ2n) is 8.63. The fourth-order valence-corrected chi connectivity index (χ4v) is 35.2. The average Bonchev–Trinajstić information content (AvgIpc) is 2.86. The van der Waals surface area contributed by atoms with Crippen LogP contribution in [-0.2, 0) is 22.2 Å². The summed E-state index contributed by atoms with van der Waals surface area (Å²) in [6.45, 7) is 2.84. The van der Waals surface area contributed by atoms with E-state index in [2.05, 4.69) is 128 Å². The van der Waals surface area contributed by atoms with E-state index in [9.17, 15) is 0 Å². The number of hydrogen-bond donors (Lipinski definition) is 0. The van der Waals surface area contributed by atoms with Gasteiger partial charge in [-0.3, -0.25) is 0 Å². The Morgan fingerprint density at radius 3 is 1.24 bits per heavy atom. The van der Waals surface area contributed by atoms with Gasteiger partial charge in [0.1, 0.15) is 0 Å². The van der Waals surface area contributed by atoms with Gasteiger partial charge in [-0.05, 0) is 0 Å². The summed E-state index contributed by atoms with van der Waals surface area (Å²) in [6.07, 6.45) is 0. The summed E-state index contributed by atoms with van der Waals surface area (Å²) in [5.74, 6) is 0. The fourth-order valence-electron chi connectivity index (χ4n) is 4.39. The van der Waals surface area contributed by atoms with Gasteiger partial charge in [0.15, 0.2) is 0 Å². The molecule has 0 saturated heterocycles. The van der Waals surface area contributed by atoms with Gasteiger partial charge in [0.05, 0.1) is 0 Å². The van der Waals surface area contributed by atoms with E-state index in [1.54, 1.807) is 0 Å². The quantitative estimate of drug-likeness (QED) is 0.159. The van der Waals surface area contributed by atoms with E-state index in [1.165, 1.54) is 22.3 Å². The first-order valence-corrected chi connectivity index (χ1v) is 23.6. The van der Waals surface area contributed by atoms with Gasteiger partial charge in [0.2, 0.25) is 0 Å². The van der Waals surface area contributed by atoms with E-state index in [0.717, 1.165) is 17.7 Å². The van der Waals surface area contributed by atoms with Crippen molar-refractivity contribution in [3.05, 3.63) is 144 Å². The molecule has 0 aliphatic heterocycles. The molecule has 4 aromatic rings. The third-order valence-corrected chi connectivity index (χ3v) is 32.7. The molecule has 0 unspecified atom stereocenters. The number of hydrogen-bond acceptors (Lipinski definition) is 2. The Hall–Kier alpha value is -1.60. The van der Waals surface area contributed by atoms with Gasteiger partial charge in [-0.1, -0.05) is 0 Å². The summed E-state index contributed by atoms with van der Waals surface area (Å²) in [5, 5.41) is 0. The minimum atomic E-state index is -3.53. The van der Waals surface area contributed by atoms with Gasteiger partial charge in [-0.2, -0.15) is 0 Å². The summed E-state index contributed by atoms with van der Waals surface area (Å²) < 4.78 is 18.3. The van der Waals surface area contributed by atoms with Crippen molar-refractivity contribution < 1.29 is 4.49 Å². The molecule has 173 valence electrons. The van der Waals surface area contributed by atoms with Crippen LogP contribution < -0.4 is 0 Å². The molecule has 2 nitrogen and oxygen atoms in total. The predicted molar refractivity (Wildman–Crippen MR) is 145 cm³/mol. The van der Waals surface area contributed by atoms with Gasteiger partial charge >= 0.3 is 219 Å². The molecule has 0 bridgehead atoms. The molecule has 4 heteroatoms. The van der Waals surface area contributed by atoms with Gasteiger partial charge in [0, 0.05) is 0 Å². The van der Waals surface area contributed by atoms with E-state index < -0.39 is 39.4 Å². The van der Waals surface area contributed by atoms with Gasteiger partial charge in [-0.15, -0.1) is 0 Å². The van der Waals surface area contributed by atoms with Gasteiger partial charge < -0.3 is 0 Å². The third-order valence-electron chi connectivity index (χ3n) is 5.86. The summed E-state index contributed by atoms with van der Waals surface area (Å²) in [5.41, 5.74) is 5.46. The molecule has 0 N–H and O–H groups in total. The predicted octanol–water partition coefficient (Wildman–Crippen LogP) is 6.60. The zero-order valence-electron chi connectivity index (χ0n) is 19.9. The third kappa shape index (κ3) is 7.97. The van der Waals surface area contributed by atoms with Crippen molar-refractivity contribution in [3.8, 4) is 0 Å². The zero-order valence-corrected chi connectivity index (χ0v) is 25.6. The summed E-state index contributed by atoms with van der Waals surface area (Å²) in [6, 6.07) is 43.4. The molecule has 34 heavy (non-hydrogen) atoms. The van der Waals surface area contributed by atoms with Crippen LogP contribution in [0.5, 0.6) is 0 Å². The molecule has 0 atom stereocenters. The Kier molecular flexibility index (Phi) is 10.1. The fraction of sp³-hybridized carbons (Fsp3) is 0.200. The SMILES string of the molecule is CC[O][Sn]([CH2]c1ccccc1)([CH2]c1ccccc1)[O][Sn]([CH2]c1ccccc1)[CH2]c1ccccc1. The Labute approximate surface area is 217 Å². The second kappa shape index (κ2) is 13.5. The molecule has 0 aromatic heterocycles. The molecule has 0 heterocycles. The van der Waals surface area contributed by atoms with Crippen molar-refractivity contribution in [2.75, 3.05) is 6.61 Å². The van der Waals surface area contributed by atoms with Crippen molar-refractivity contribution in [2.24, 2.45) is 0 Å². The Balaban J connectivity index is 1.67. The Bertz CT molecular complexity index is 1010. The molecular formula is C30H33O2Sn2. The van der Waals surface area contributed by atoms with E-state index in [4.69, 9.17) is 4.49 Å². The second-order valence-corrected chi connectivity index (χ2v) is 26.3. The maximum absolute atomic E-state index is 7.48. The molecule has 0 aliphatic carbocycles. The summed E-state index contributed by atoms with van der Waals surface area (Å²) in [4.78, 5) is 0. The first-order valence-electron chi connectivity index (χ1n) is 12.1. The molecule has 0 amide bonds.